The Labute approximate surface area is 98.6 Å². The number of fused-ring (bicyclic) bond motifs is 3. The molecule has 0 spiro atoms. The van der Waals surface area contributed by atoms with E-state index in [0.29, 0.717) is 13.2 Å². The van der Waals surface area contributed by atoms with Gasteiger partial charge in [-0.2, -0.15) is 0 Å². The normalized spacial score (nSPS) is 27.2. The molecule has 4 nitrogen and oxygen atoms in total. The summed E-state index contributed by atoms with van der Waals surface area (Å²) >= 11 is 1.66. The summed E-state index contributed by atoms with van der Waals surface area (Å²) in [5, 5.41) is 9.68. The van der Waals surface area contributed by atoms with E-state index >= 15 is 0 Å². The van der Waals surface area contributed by atoms with Crippen molar-refractivity contribution in [2.75, 3.05) is 24.3 Å². The van der Waals surface area contributed by atoms with Crippen LogP contribution in [-0.2, 0) is 0 Å². The van der Waals surface area contributed by atoms with Gasteiger partial charge in [-0.3, -0.25) is 0 Å². The fraction of sp³-hybridized carbons (Fsp3) is 0.545. The number of thioether (sulfide) groups is 1. The first-order chi connectivity index (χ1) is 7.79. The fourth-order valence-electron chi connectivity index (χ4n) is 2.41. The molecular weight excluding hydrogens is 224 g/mol. The summed E-state index contributed by atoms with van der Waals surface area (Å²) in [7, 11) is 0. The van der Waals surface area contributed by atoms with Crippen molar-refractivity contribution in [2.45, 2.75) is 23.5 Å². The lowest BCUT2D eigenvalue weighted by molar-refractivity contribution is 0.187. The molecular formula is C11H14N2O2S. The summed E-state index contributed by atoms with van der Waals surface area (Å²) in [4.78, 5) is 7.67. The average molecular weight is 238 g/mol. The molecule has 0 bridgehead atoms. The van der Waals surface area contributed by atoms with Crippen LogP contribution < -0.4 is 9.64 Å². The van der Waals surface area contributed by atoms with Crippen molar-refractivity contribution in [1.29, 1.82) is 0 Å². The Kier molecular flexibility index (Phi) is 2.44. The summed E-state index contributed by atoms with van der Waals surface area (Å²) < 4.78 is 5.77. The highest BCUT2D eigenvalue weighted by molar-refractivity contribution is 7.98. The molecule has 0 aliphatic carbocycles. The first-order valence-corrected chi connectivity index (χ1v) is 6.62. The molecule has 5 heteroatoms. The van der Waals surface area contributed by atoms with Crippen LogP contribution >= 0.6 is 11.8 Å². The van der Waals surface area contributed by atoms with Gasteiger partial charge in [0.25, 0.3) is 0 Å². The molecule has 0 unspecified atom stereocenters. The number of aliphatic hydroxyl groups is 1. The number of anilines is 1. The van der Waals surface area contributed by atoms with Gasteiger partial charge in [-0.05, 0) is 18.7 Å². The van der Waals surface area contributed by atoms with Crippen LogP contribution in [0.4, 0.5) is 5.82 Å². The maximum atomic E-state index is 9.68. The Morgan fingerprint density at radius 2 is 2.50 bits per heavy atom. The van der Waals surface area contributed by atoms with Gasteiger partial charge in [-0.1, -0.05) is 0 Å². The summed E-state index contributed by atoms with van der Waals surface area (Å²) in [6.07, 6.45) is 4.37. The SMILES string of the molecule is CSc1ccnc2c1OC[C@H]1C[C@@H](O)CN21. The molecule has 0 radical (unpaired) electrons. The molecule has 86 valence electrons. The third-order valence-electron chi connectivity index (χ3n) is 3.15. The summed E-state index contributed by atoms with van der Waals surface area (Å²) in [5.41, 5.74) is 0. The van der Waals surface area contributed by atoms with Crippen LogP contribution in [0.1, 0.15) is 6.42 Å². The number of aromatic nitrogens is 1. The standard InChI is InChI=1S/C11H14N2O2S/c1-16-9-2-3-12-11-10(9)15-6-7-4-8(14)5-13(7)11/h2-3,7-8,14H,4-6H2,1H3/t7-,8-/m1/s1. The van der Waals surface area contributed by atoms with E-state index in [2.05, 4.69) is 9.88 Å². The number of aliphatic hydroxyl groups excluding tert-OH is 1. The van der Waals surface area contributed by atoms with Gasteiger partial charge in [0.15, 0.2) is 11.6 Å². The van der Waals surface area contributed by atoms with E-state index in [9.17, 15) is 5.11 Å². The van der Waals surface area contributed by atoms with Crippen molar-refractivity contribution in [2.24, 2.45) is 0 Å². The van der Waals surface area contributed by atoms with Gasteiger partial charge in [0.05, 0.1) is 17.0 Å². The van der Waals surface area contributed by atoms with Crippen LogP contribution in [0.3, 0.4) is 0 Å². The van der Waals surface area contributed by atoms with E-state index in [4.69, 9.17) is 4.74 Å². The number of hydrogen-bond acceptors (Lipinski definition) is 5. The van der Waals surface area contributed by atoms with E-state index in [0.717, 1.165) is 22.9 Å². The largest absolute Gasteiger partial charge is 0.486 e. The Morgan fingerprint density at radius 3 is 3.31 bits per heavy atom. The molecule has 3 rings (SSSR count). The number of ether oxygens (including phenoxy) is 1. The molecule has 2 aliphatic heterocycles. The highest BCUT2D eigenvalue weighted by atomic mass is 32.2. The van der Waals surface area contributed by atoms with Gasteiger partial charge in [0, 0.05) is 12.7 Å². The smallest absolute Gasteiger partial charge is 0.175 e. The van der Waals surface area contributed by atoms with Crippen molar-refractivity contribution in [3.05, 3.63) is 12.3 Å². The van der Waals surface area contributed by atoms with Gasteiger partial charge in [-0.15, -0.1) is 11.8 Å². The minimum Gasteiger partial charge on any atom is -0.486 e. The maximum Gasteiger partial charge on any atom is 0.175 e. The van der Waals surface area contributed by atoms with Crippen LogP contribution in [0, 0.1) is 0 Å². The first kappa shape index (κ1) is 10.2. The van der Waals surface area contributed by atoms with E-state index in [-0.39, 0.29) is 12.1 Å². The summed E-state index contributed by atoms with van der Waals surface area (Å²) in [6, 6.07) is 2.25. The van der Waals surface area contributed by atoms with Crippen LogP contribution in [0.5, 0.6) is 5.75 Å². The number of nitrogens with zero attached hydrogens (tertiary/aromatic N) is 2. The monoisotopic (exact) mass is 238 g/mol. The third-order valence-corrected chi connectivity index (χ3v) is 3.92. The first-order valence-electron chi connectivity index (χ1n) is 5.40. The van der Waals surface area contributed by atoms with Crippen molar-refractivity contribution in [3.63, 3.8) is 0 Å². The van der Waals surface area contributed by atoms with E-state index in [1.165, 1.54) is 0 Å². The number of rotatable bonds is 1. The molecule has 1 aromatic heterocycles. The maximum absolute atomic E-state index is 9.68. The molecule has 2 atom stereocenters. The van der Waals surface area contributed by atoms with Crippen molar-refractivity contribution >= 4 is 17.6 Å². The Hall–Kier alpha value is -0.940. The molecule has 0 amide bonds. The van der Waals surface area contributed by atoms with Gasteiger partial charge in [0.2, 0.25) is 0 Å². The average Bonchev–Trinajstić information content (AvgIpc) is 2.69. The molecule has 0 saturated carbocycles. The van der Waals surface area contributed by atoms with Crippen LogP contribution in [0.2, 0.25) is 0 Å². The fourth-order valence-corrected chi connectivity index (χ4v) is 2.94. The highest BCUT2D eigenvalue weighted by Crippen LogP contribution is 2.41. The molecule has 2 aliphatic rings. The molecule has 3 heterocycles. The number of pyridine rings is 1. The second-order valence-corrected chi connectivity index (χ2v) is 5.02. The Bertz CT molecular complexity index is 413. The zero-order valence-corrected chi connectivity index (χ0v) is 9.91. The predicted octanol–water partition coefficient (Wildman–Crippen LogP) is 1.14. The highest BCUT2D eigenvalue weighted by Gasteiger charge is 2.37. The van der Waals surface area contributed by atoms with E-state index < -0.39 is 0 Å². The van der Waals surface area contributed by atoms with Gasteiger partial charge >= 0.3 is 0 Å². The van der Waals surface area contributed by atoms with Crippen molar-refractivity contribution in [3.8, 4) is 5.75 Å². The Balaban J connectivity index is 2.03. The molecule has 0 aromatic carbocycles. The van der Waals surface area contributed by atoms with Crippen LogP contribution in [0.25, 0.3) is 0 Å². The van der Waals surface area contributed by atoms with Crippen LogP contribution in [0.15, 0.2) is 17.2 Å². The van der Waals surface area contributed by atoms with E-state index in [1.54, 1.807) is 18.0 Å². The second-order valence-electron chi connectivity index (χ2n) is 4.17. The zero-order valence-electron chi connectivity index (χ0n) is 9.09. The third kappa shape index (κ3) is 1.46. The molecule has 1 fully saturated rings. The molecule has 1 saturated heterocycles. The van der Waals surface area contributed by atoms with Gasteiger partial charge < -0.3 is 14.7 Å². The van der Waals surface area contributed by atoms with E-state index in [1.807, 2.05) is 12.3 Å². The zero-order chi connectivity index (χ0) is 11.1. The minimum absolute atomic E-state index is 0.251. The summed E-state index contributed by atoms with van der Waals surface area (Å²) in [6.45, 7) is 1.33. The van der Waals surface area contributed by atoms with Crippen molar-refractivity contribution < 1.29 is 9.84 Å². The lowest BCUT2D eigenvalue weighted by Gasteiger charge is -2.32. The summed E-state index contributed by atoms with van der Waals surface area (Å²) in [5.74, 6) is 1.76. The van der Waals surface area contributed by atoms with Crippen molar-refractivity contribution in [1.82, 2.24) is 4.98 Å². The predicted molar refractivity (Wildman–Crippen MR) is 63.3 cm³/mol. The molecule has 1 aromatic rings. The lowest BCUT2D eigenvalue weighted by atomic mass is 10.2. The Morgan fingerprint density at radius 1 is 1.62 bits per heavy atom. The molecule has 1 N–H and O–H groups in total. The lowest BCUT2D eigenvalue weighted by Crippen LogP contribution is -2.39. The molecule has 16 heavy (non-hydrogen) atoms. The van der Waals surface area contributed by atoms with Crippen LogP contribution in [-0.4, -0.2) is 41.6 Å². The quantitative estimate of drug-likeness (QED) is 0.743. The number of hydrogen-bond donors (Lipinski definition) is 1. The van der Waals surface area contributed by atoms with Gasteiger partial charge in [0.1, 0.15) is 6.61 Å². The second kappa shape index (κ2) is 3.82. The topological polar surface area (TPSA) is 45.6 Å². The van der Waals surface area contributed by atoms with Gasteiger partial charge in [-0.25, -0.2) is 4.98 Å². The minimum atomic E-state index is -0.251.